The van der Waals surface area contributed by atoms with Gasteiger partial charge in [0.05, 0.1) is 0 Å². The third-order valence-electron chi connectivity index (χ3n) is 3.70. The summed E-state index contributed by atoms with van der Waals surface area (Å²) in [5.74, 6) is 2.32. The van der Waals surface area contributed by atoms with E-state index in [0.29, 0.717) is 17.8 Å². The second-order valence-electron chi connectivity index (χ2n) is 6.69. The van der Waals surface area contributed by atoms with E-state index in [-0.39, 0.29) is 6.40 Å². The topological polar surface area (TPSA) is 23.9 Å². The molecule has 1 nitrogen and oxygen atoms in total. The van der Waals surface area contributed by atoms with Crippen LogP contribution >= 0.6 is 0 Å². The quantitative estimate of drug-likeness (QED) is 0.468. The molecule has 0 aliphatic rings. The molecule has 0 saturated heterocycles. The van der Waals surface area contributed by atoms with Crippen molar-refractivity contribution >= 4 is 5.71 Å². The molecule has 18 heavy (non-hydrogen) atoms. The van der Waals surface area contributed by atoms with Crippen molar-refractivity contribution in [1.82, 2.24) is 0 Å². The van der Waals surface area contributed by atoms with Gasteiger partial charge in [-0.25, -0.2) is 0 Å². The highest BCUT2D eigenvalue weighted by Crippen LogP contribution is 2.21. The molecule has 0 saturated carbocycles. The monoisotopic (exact) mass is 255 g/mol. The molecule has 0 heterocycles. The first-order chi connectivity index (χ1) is 8.76. The fourth-order valence-electron chi connectivity index (χ4n) is 2.45. The molecule has 108 valence electrons. The first-order valence-corrected chi connectivity index (χ1v) is 7.74. The van der Waals surface area contributed by atoms with Gasteiger partial charge < -0.3 is 5.41 Å². The highest BCUT2D eigenvalue weighted by atomic mass is 14.4. The lowest BCUT2D eigenvalue weighted by Crippen LogP contribution is -2.11. The molecule has 0 rings (SSSR count). The zero-order chi connectivity index (χ0) is 15.0. The fourth-order valence-corrected chi connectivity index (χ4v) is 2.45. The summed E-state index contributed by atoms with van der Waals surface area (Å²) in [5, 5.41) is 8.14. The minimum absolute atomic E-state index is 0.0281. The second-order valence-corrected chi connectivity index (χ2v) is 6.69. The van der Waals surface area contributed by atoms with E-state index < -0.39 is 0 Å². The van der Waals surface area contributed by atoms with Gasteiger partial charge in [-0.1, -0.05) is 60.8 Å². The van der Waals surface area contributed by atoms with Crippen molar-refractivity contribution in [2.75, 3.05) is 0 Å². The van der Waals surface area contributed by atoms with Crippen LogP contribution in [0.1, 0.15) is 81.4 Å². The Kier molecular flexibility index (Phi) is 8.37. The maximum atomic E-state index is 8.14. The molecule has 0 aliphatic heterocycles. The van der Waals surface area contributed by atoms with E-state index in [1.165, 1.54) is 12.8 Å². The van der Waals surface area contributed by atoms with Crippen LogP contribution in [0.5, 0.6) is 0 Å². The molecule has 0 aliphatic carbocycles. The number of nitrogens with one attached hydrogen (secondary N) is 1. The van der Waals surface area contributed by atoms with Crippen molar-refractivity contribution in [3.63, 3.8) is 0 Å². The Hall–Kier alpha value is -0.330. The van der Waals surface area contributed by atoms with Gasteiger partial charge in [-0.05, 0) is 42.9 Å². The largest absolute Gasteiger partial charge is 0.310 e. The van der Waals surface area contributed by atoms with E-state index in [0.717, 1.165) is 30.9 Å². The van der Waals surface area contributed by atoms with Crippen LogP contribution in [0.15, 0.2) is 0 Å². The van der Waals surface area contributed by atoms with Crippen molar-refractivity contribution in [3.8, 4) is 0 Å². The zero-order valence-corrected chi connectivity index (χ0v) is 13.4. The van der Waals surface area contributed by atoms with E-state index in [1.807, 2.05) is 0 Å². The zero-order valence-electron chi connectivity index (χ0n) is 14.4. The first-order valence-electron chi connectivity index (χ1n) is 8.32. The van der Waals surface area contributed by atoms with E-state index >= 15 is 0 Å². The van der Waals surface area contributed by atoms with Crippen LogP contribution < -0.4 is 0 Å². The van der Waals surface area contributed by atoms with Gasteiger partial charge in [0.25, 0.3) is 0 Å². The van der Waals surface area contributed by atoms with Crippen LogP contribution in [0, 0.1) is 29.1 Å². The Balaban J connectivity index is 3.96. The first kappa shape index (κ1) is 15.7. The van der Waals surface area contributed by atoms with E-state index in [1.54, 1.807) is 0 Å². The Bertz CT molecular complexity index is 250. The summed E-state index contributed by atoms with van der Waals surface area (Å²) >= 11 is 0. The van der Waals surface area contributed by atoms with Crippen molar-refractivity contribution in [2.45, 2.75) is 80.0 Å². The molecule has 0 aromatic carbocycles. The molecule has 4 atom stereocenters. The number of hydrogen-bond acceptors (Lipinski definition) is 1. The van der Waals surface area contributed by atoms with Gasteiger partial charge in [-0.3, -0.25) is 0 Å². The van der Waals surface area contributed by atoms with Crippen LogP contribution in [-0.2, 0) is 0 Å². The summed E-state index contributed by atoms with van der Waals surface area (Å²) in [6, 6.07) is 0. The smallest absolute Gasteiger partial charge is 0.0269 e. The lowest BCUT2D eigenvalue weighted by molar-refractivity contribution is 0.408. The van der Waals surface area contributed by atoms with Crippen molar-refractivity contribution in [3.05, 3.63) is 0 Å². The molecule has 1 heteroatoms. The van der Waals surface area contributed by atoms with Crippen LogP contribution in [0.2, 0.25) is 0 Å². The molecule has 0 spiro atoms. The predicted molar refractivity (Wildman–Crippen MR) is 83.4 cm³/mol. The Labute approximate surface area is 117 Å². The highest BCUT2D eigenvalue weighted by Gasteiger charge is 2.12. The van der Waals surface area contributed by atoms with Crippen molar-refractivity contribution < 1.29 is 1.37 Å². The Morgan fingerprint density at radius 1 is 1.00 bits per heavy atom. The molecular formula is C17H35N. The maximum absolute atomic E-state index is 8.14. The summed E-state index contributed by atoms with van der Waals surface area (Å²) in [4.78, 5) is 0. The van der Waals surface area contributed by atoms with Crippen molar-refractivity contribution in [1.29, 1.82) is 5.41 Å². The van der Waals surface area contributed by atoms with E-state index in [4.69, 9.17) is 6.78 Å². The summed E-state index contributed by atoms with van der Waals surface area (Å²) in [6.45, 7) is 13.2. The molecule has 0 bridgehead atoms. The maximum Gasteiger partial charge on any atom is 0.0269 e. The lowest BCUT2D eigenvalue weighted by atomic mass is 9.88. The highest BCUT2D eigenvalue weighted by molar-refractivity contribution is 5.81. The third kappa shape index (κ3) is 9.67. The van der Waals surface area contributed by atoms with Gasteiger partial charge in [-0.2, -0.15) is 0 Å². The molecule has 1 N–H and O–H groups in total. The molecule has 0 amide bonds. The van der Waals surface area contributed by atoms with Gasteiger partial charge in [0.1, 0.15) is 0 Å². The fraction of sp³-hybridized carbons (Fsp3) is 0.941. The summed E-state index contributed by atoms with van der Waals surface area (Å²) in [6.07, 6.45) is 5.26. The van der Waals surface area contributed by atoms with Crippen LogP contribution in [0.4, 0.5) is 0 Å². The number of hydrogen-bond donors (Lipinski definition) is 1. The van der Waals surface area contributed by atoms with Gasteiger partial charge in [0.2, 0.25) is 0 Å². The standard InChI is InChI=1S/C17H35N/c1-7-14(4)10-16(6)12-17(18)11-15(5)9-8-13(2)3/h13-16,18H,7-12H2,1-6H3/i8T. The van der Waals surface area contributed by atoms with Gasteiger partial charge in [0.15, 0.2) is 0 Å². The minimum atomic E-state index is 0.0281. The van der Waals surface area contributed by atoms with Gasteiger partial charge in [0, 0.05) is 7.08 Å². The minimum Gasteiger partial charge on any atom is -0.310 e. The Morgan fingerprint density at radius 2 is 1.56 bits per heavy atom. The van der Waals surface area contributed by atoms with Gasteiger partial charge in [-0.15, -0.1) is 0 Å². The van der Waals surface area contributed by atoms with Crippen LogP contribution in [0.25, 0.3) is 0 Å². The normalized spacial score (nSPS) is 19.2. The van der Waals surface area contributed by atoms with Gasteiger partial charge >= 0.3 is 0 Å². The molecular weight excluding hydrogens is 218 g/mol. The average molecular weight is 255 g/mol. The summed E-state index contributed by atoms with van der Waals surface area (Å²) in [5.41, 5.74) is 0.888. The number of rotatable bonds is 10. The predicted octanol–water partition coefficient (Wildman–Crippen LogP) is 5.93. The molecule has 0 aromatic rings. The third-order valence-corrected chi connectivity index (χ3v) is 3.70. The summed E-state index contributed by atoms with van der Waals surface area (Å²) < 4.78 is 7.99. The average Bonchev–Trinajstić information content (AvgIpc) is 2.27. The second kappa shape index (κ2) is 9.58. The summed E-state index contributed by atoms with van der Waals surface area (Å²) in [7, 11) is 0. The molecule has 4 unspecified atom stereocenters. The molecule has 0 radical (unpaired) electrons. The SMILES string of the molecule is [3H]C(CC(C)CC(=N)CC(C)CC(C)CC)C(C)C. The van der Waals surface area contributed by atoms with Crippen LogP contribution in [0.3, 0.4) is 0 Å². The van der Waals surface area contributed by atoms with E-state index in [2.05, 4.69) is 41.5 Å². The van der Waals surface area contributed by atoms with Crippen LogP contribution in [-0.4, -0.2) is 5.71 Å². The lowest BCUT2D eigenvalue weighted by Gasteiger charge is -2.18. The molecule has 0 aromatic heterocycles. The van der Waals surface area contributed by atoms with E-state index in [9.17, 15) is 0 Å². The molecule has 0 fully saturated rings. The Morgan fingerprint density at radius 3 is 2.06 bits per heavy atom. The van der Waals surface area contributed by atoms with Crippen molar-refractivity contribution in [2.24, 2.45) is 23.7 Å².